The van der Waals surface area contributed by atoms with E-state index in [1.54, 1.807) is 12.1 Å². The number of nitrogens with one attached hydrogen (secondary N) is 1. The normalized spacial score (nSPS) is 21.2. The van der Waals surface area contributed by atoms with Crippen LogP contribution in [0.3, 0.4) is 0 Å². The van der Waals surface area contributed by atoms with Gasteiger partial charge in [0.1, 0.15) is 0 Å². The zero-order valence-corrected chi connectivity index (χ0v) is 8.48. The third kappa shape index (κ3) is 2.33. The lowest BCUT2D eigenvalue weighted by atomic mass is 9.92. The summed E-state index contributed by atoms with van der Waals surface area (Å²) in [4.78, 5) is 10.1. The summed E-state index contributed by atoms with van der Waals surface area (Å²) in [6.45, 7) is 2.07. The van der Waals surface area contributed by atoms with Crippen LogP contribution in [-0.4, -0.2) is 18.0 Å². The van der Waals surface area contributed by atoms with Crippen LogP contribution in [0.4, 0.5) is 5.69 Å². The Kier molecular flexibility index (Phi) is 2.97. The molecule has 0 bridgehead atoms. The zero-order chi connectivity index (χ0) is 10.7. The molecule has 15 heavy (non-hydrogen) atoms. The van der Waals surface area contributed by atoms with Gasteiger partial charge in [0.15, 0.2) is 0 Å². The highest BCUT2D eigenvalue weighted by Crippen LogP contribution is 2.24. The van der Waals surface area contributed by atoms with Gasteiger partial charge in [-0.15, -0.1) is 0 Å². The van der Waals surface area contributed by atoms with Crippen molar-refractivity contribution in [3.63, 3.8) is 0 Å². The van der Waals surface area contributed by atoms with Crippen LogP contribution in [0, 0.1) is 10.1 Å². The maximum absolute atomic E-state index is 10.5. The van der Waals surface area contributed by atoms with Crippen molar-refractivity contribution in [1.82, 2.24) is 5.32 Å². The number of hydrogen-bond donors (Lipinski definition) is 1. The van der Waals surface area contributed by atoms with Crippen molar-refractivity contribution in [1.29, 1.82) is 0 Å². The molecule has 0 radical (unpaired) electrons. The van der Waals surface area contributed by atoms with Crippen LogP contribution >= 0.6 is 0 Å². The Morgan fingerprint density at radius 1 is 1.33 bits per heavy atom. The molecule has 1 N–H and O–H groups in total. The third-order valence-corrected chi connectivity index (χ3v) is 2.87. The first kappa shape index (κ1) is 10.1. The maximum Gasteiger partial charge on any atom is 0.269 e. The van der Waals surface area contributed by atoms with Gasteiger partial charge < -0.3 is 5.32 Å². The van der Waals surface area contributed by atoms with Crippen LogP contribution in [0.1, 0.15) is 24.3 Å². The van der Waals surface area contributed by atoms with Gasteiger partial charge in [-0.3, -0.25) is 10.1 Å². The van der Waals surface area contributed by atoms with Crippen molar-refractivity contribution in [2.45, 2.75) is 18.8 Å². The second kappa shape index (κ2) is 4.40. The minimum Gasteiger partial charge on any atom is -0.316 e. The molecule has 0 unspecified atom stereocenters. The number of nitrogens with zero attached hydrogens (tertiary/aromatic N) is 1. The fourth-order valence-electron chi connectivity index (χ4n) is 2.00. The fourth-order valence-corrected chi connectivity index (χ4v) is 2.00. The molecule has 1 fully saturated rings. The largest absolute Gasteiger partial charge is 0.316 e. The molecule has 1 saturated heterocycles. The highest BCUT2D eigenvalue weighted by Gasteiger charge is 2.15. The smallest absolute Gasteiger partial charge is 0.269 e. The Morgan fingerprint density at radius 2 is 2.07 bits per heavy atom. The Hall–Kier alpha value is -1.42. The molecule has 0 saturated carbocycles. The first-order chi connectivity index (χ1) is 7.27. The molecule has 1 aliphatic heterocycles. The molecular formula is C11H14N2O2. The second-order valence-corrected chi connectivity index (χ2v) is 3.89. The van der Waals surface area contributed by atoms with Gasteiger partial charge in [0, 0.05) is 18.7 Å². The number of non-ortho nitro benzene ring substituents is 1. The van der Waals surface area contributed by atoms with E-state index < -0.39 is 0 Å². The topological polar surface area (TPSA) is 55.2 Å². The quantitative estimate of drug-likeness (QED) is 0.595. The lowest BCUT2D eigenvalue weighted by Gasteiger charge is -2.22. The monoisotopic (exact) mass is 206 g/mol. The van der Waals surface area contributed by atoms with Crippen LogP contribution in [0.5, 0.6) is 0 Å². The lowest BCUT2D eigenvalue weighted by Crippen LogP contribution is -2.28. The van der Waals surface area contributed by atoms with E-state index in [9.17, 15) is 10.1 Å². The highest BCUT2D eigenvalue weighted by atomic mass is 16.6. The number of nitro benzene ring substituents is 1. The van der Waals surface area contributed by atoms with Crippen LogP contribution in [0.25, 0.3) is 0 Å². The van der Waals surface area contributed by atoms with Crippen LogP contribution in [0.2, 0.25) is 0 Å². The predicted molar refractivity (Wildman–Crippen MR) is 57.9 cm³/mol. The Bertz CT molecular complexity index is 342. The van der Waals surface area contributed by atoms with E-state index in [1.807, 2.05) is 12.1 Å². The van der Waals surface area contributed by atoms with E-state index in [1.165, 1.54) is 18.4 Å². The number of nitro groups is 1. The maximum atomic E-state index is 10.5. The molecule has 0 aromatic heterocycles. The van der Waals surface area contributed by atoms with E-state index in [4.69, 9.17) is 0 Å². The second-order valence-electron chi connectivity index (χ2n) is 3.89. The van der Waals surface area contributed by atoms with E-state index in [0.29, 0.717) is 5.92 Å². The van der Waals surface area contributed by atoms with E-state index >= 15 is 0 Å². The van der Waals surface area contributed by atoms with Gasteiger partial charge >= 0.3 is 0 Å². The Labute approximate surface area is 88.5 Å². The average Bonchev–Trinajstić information content (AvgIpc) is 2.30. The number of piperidine rings is 1. The molecule has 0 amide bonds. The molecule has 4 nitrogen and oxygen atoms in total. The standard InChI is InChI=1S/C11H14N2O2/c14-13(15)11-5-3-9(4-6-11)10-2-1-7-12-8-10/h3-6,10,12H,1-2,7-8H2/t10-/m1/s1. The first-order valence-corrected chi connectivity index (χ1v) is 5.22. The summed E-state index contributed by atoms with van der Waals surface area (Å²) >= 11 is 0. The summed E-state index contributed by atoms with van der Waals surface area (Å²) in [6, 6.07) is 6.92. The summed E-state index contributed by atoms with van der Waals surface area (Å²) in [5.41, 5.74) is 1.37. The number of hydrogen-bond acceptors (Lipinski definition) is 3. The van der Waals surface area contributed by atoms with Gasteiger partial charge in [-0.25, -0.2) is 0 Å². The molecule has 1 atom stereocenters. The zero-order valence-electron chi connectivity index (χ0n) is 8.48. The van der Waals surface area contributed by atoms with Gasteiger partial charge in [-0.1, -0.05) is 12.1 Å². The summed E-state index contributed by atoms with van der Waals surface area (Å²) in [5, 5.41) is 13.8. The molecule has 0 spiro atoms. The lowest BCUT2D eigenvalue weighted by molar-refractivity contribution is -0.384. The van der Waals surface area contributed by atoms with E-state index in [0.717, 1.165) is 13.1 Å². The molecule has 1 heterocycles. The fraction of sp³-hybridized carbons (Fsp3) is 0.455. The average molecular weight is 206 g/mol. The molecule has 1 aromatic carbocycles. The summed E-state index contributed by atoms with van der Waals surface area (Å²) in [5.74, 6) is 0.513. The first-order valence-electron chi connectivity index (χ1n) is 5.22. The molecule has 1 aromatic rings. The van der Waals surface area contributed by atoms with Crippen molar-refractivity contribution in [3.8, 4) is 0 Å². The Balaban J connectivity index is 2.11. The molecule has 0 aliphatic carbocycles. The summed E-state index contributed by atoms with van der Waals surface area (Å²) in [7, 11) is 0. The molecular weight excluding hydrogens is 192 g/mol. The van der Waals surface area contributed by atoms with Gasteiger partial charge in [0.05, 0.1) is 4.92 Å². The minimum absolute atomic E-state index is 0.169. The number of benzene rings is 1. The summed E-state index contributed by atoms with van der Waals surface area (Å²) in [6.07, 6.45) is 2.35. The van der Waals surface area contributed by atoms with Gasteiger partial charge in [0.2, 0.25) is 0 Å². The molecule has 4 heteroatoms. The van der Waals surface area contributed by atoms with Crippen LogP contribution in [0.15, 0.2) is 24.3 Å². The predicted octanol–water partition coefficient (Wildman–Crippen LogP) is 2.06. The van der Waals surface area contributed by atoms with Crippen LogP contribution in [-0.2, 0) is 0 Å². The highest BCUT2D eigenvalue weighted by molar-refractivity contribution is 5.34. The summed E-state index contributed by atoms with van der Waals surface area (Å²) < 4.78 is 0. The Morgan fingerprint density at radius 3 is 2.60 bits per heavy atom. The van der Waals surface area contributed by atoms with Gasteiger partial charge in [-0.05, 0) is 30.9 Å². The molecule has 80 valence electrons. The van der Waals surface area contributed by atoms with Crippen LogP contribution < -0.4 is 5.32 Å². The van der Waals surface area contributed by atoms with E-state index in [2.05, 4.69) is 5.32 Å². The van der Waals surface area contributed by atoms with Crippen molar-refractivity contribution < 1.29 is 4.92 Å². The van der Waals surface area contributed by atoms with Gasteiger partial charge in [-0.2, -0.15) is 0 Å². The SMILES string of the molecule is O=[N+]([O-])c1ccc([C@@H]2CCCNC2)cc1. The van der Waals surface area contributed by atoms with E-state index in [-0.39, 0.29) is 10.6 Å². The molecule has 1 aliphatic rings. The number of rotatable bonds is 2. The van der Waals surface area contributed by atoms with Crippen molar-refractivity contribution >= 4 is 5.69 Å². The minimum atomic E-state index is -0.358. The van der Waals surface area contributed by atoms with Crippen molar-refractivity contribution in [2.75, 3.05) is 13.1 Å². The molecule has 2 rings (SSSR count). The van der Waals surface area contributed by atoms with Crippen molar-refractivity contribution in [2.24, 2.45) is 0 Å². The van der Waals surface area contributed by atoms with Gasteiger partial charge in [0.25, 0.3) is 5.69 Å². The third-order valence-electron chi connectivity index (χ3n) is 2.87. The van der Waals surface area contributed by atoms with Crippen molar-refractivity contribution in [3.05, 3.63) is 39.9 Å².